The van der Waals surface area contributed by atoms with Gasteiger partial charge in [0, 0.05) is 18.3 Å². The number of anilines is 1. The zero-order chi connectivity index (χ0) is 15.4. The standard InChI is InChI=1S/C16H22N2O3/c1-3-18(13-7-5-4-6-8-13)15(19)11-17-10-9-14(12(17)2)16(20)21/h4-8,12,14H,3,9-11H2,1-2H3,(H,20,21). The predicted molar refractivity (Wildman–Crippen MR) is 81.2 cm³/mol. The quantitative estimate of drug-likeness (QED) is 0.899. The van der Waals surface area contributed by atoms with Crippen molar-refractivity contribution in [2.75, 3.05) is 24.5 Å². The monoisotopic (exact) mass is 290 g/mol. The van der Waals surface area contributed by atoms with Gasteiger partial charge >= 0.3 is 5.97 Å². The van der Waals surface area contributed by atoms with Crippen LogP contribution in [0.1, 0.15) is 20.3 Å². The fourth-order valence-corrected chi connectivity index (χ4v) is 2.93. The molecule has 5 nitrogen and oxygen atoms in total. The summed E-state index contributed by atoms with van der Waals surface area (Å²) in [6.07, 6.45) is 0.612. The van der Waals surface area contributed by atoms with Crippen LogP contribution in [0.2, 0.25) is 0 Å². The molecule has 0 aliphatic carbocycles. The van der Waals surface area contributed by atoms with E-state index in [1.807, 2.05) is 49.1 Å². The normalized spacial score (nSPS) is 22.2. The van der Waals surface area contributed by atoms with E-state index in [0.717, 1.165) is 5.69 Å². The molecule has 2 unspecified atom stereocenters. The van der Waals surface area contributed by atoms with Crippen molar-refractivity contribution in [2.24, 2.45) is 5.92 Å². The number of carboxylic acid groups (broad SMARTS) is 1. The van der Waals surface area contributed by atoms with Gasteiger partial charge in [-0.2, -0.15) is 0 Å². The Bertz CT molecular complexity index is 504. The van der Waals surface area contributed by atoms with E-state index in [1.165, 1.54) is 0 Å². The van der Waals surface area contributed by atoms with Crippen LogP contribution in [-0.4, -0.2) is 47.6 Å². The Morgan fingerprint density at radius 1 is 1.33 bits per heavy atom. The molecule has 0 aromatic heterocycles. The molecule has 1 aromatic carbocycles. The molecule has 1 N–H and O–H groups in total. The number of benzene rings is 1. The Labute approximate surface area is 125 Å². The lowest BCUT2D eigenvalue weighted by atomic mass is 10.0. The maximum absolute atomic E-state index is 12.5. The van der Waals surface area contributed by atoms with Crippen LogP contribution in [0.3, 0.4) is 0 Å². The molecule has 1 aliphatic rings. The maximum atomic E-state index is 12.5. The van der Waals surface area contributed by atoms with Gasteiger partial charge in [0.05, 0.1) is 12.5 Å². The average Bonchev–Trinajstić information content (AvgIpc) is 2.82. The van der Waals surface area contributed by atoms with Crippen LogP contribution in [-0.2, 0) is 9.59 Å². The van der Waals surface area contributed by atoms with Crippen molar-refractivity contribution in [3.8, 4) is 0 Å². The van der Waals surface area contributed by atoms with Gasteiger partial charge in [-0.05, 0) is 38.9 Å². The summed E-state index contributed by atoms with van der Waals surface area (Å²) in [5.41, 5.74) is 0.881. The molecule has 1 heterocycles. The molecule has 114 valence electrons. The van der Waals surface area contributed by atoms with Gasteiger partial charge < -0.3 is 10.0 Å². The summed E-state index contributed by atoms with van der Waals surface area (Å²) in [6, 6.07) is 9.46. The second kappa shape index (κ2) is 6.72. The second-order valence-electron chi connectivity index (χ2n) is 5.42. The van der Waals surface area contributed by atoms with Crippen LogP contribution in [0.25, 0.3) is 0 Å². The number of amides is 1. The Balaban J connectivity index is 2.02. The second-order valence-corrected chi connectivity index (χ2v) is 5.42. The molecule has 2 atom stereocenters. The summed E-state index contributed by atoms with van der Waals surface area (Å²) in [7, 11) is 0. The Morgan fingerprint density at radius 3 is 2.52 bits per heavy atom. The van der Waals surface area contributed by atoms with Crippen molar-refractivity contribution in [1.82, 2.24) is 4.90 Å². The number of carbonyl (C=O) groups excluding carboxylic acids is 1. The van der Waals surface area contributed by atoms with Crippen molar-refractivity contribution in [1.29, 1.82) is 0 Å². The van der Waals surface area contributed by atoms with E-state index in [-0.39, 0.29) is 24.4 Å². The van der Waals surface area contributed by atoms with Crippen molar-refractivity contribution < 1.29 is 14.7 Å². The predicted octanol–water partition coefficient (Wildman–Crippen LogP) is 1.83. The summed E-state index contributed by atoms with van der Waals surface area (Å²) >= 11 is 0. The van der Waals surface area contributed by atoms with Gasteiger partial charge in [0.25, 0.3) is 0 Å². The van der Waals surface area contributed by atoms with Gasteiger partial charge in [0.1, 0.15) is 0 Å². The van der Waals surface area contributed by atoms with E-state index < -0.39 is 5.97 Å². The van der Waals surface area contributed by atoms with Gasteiger partial charge in [0.2, 0.25) is 5.91 Å². The minimum absolute atomic E-state index is 0.0154. The van der Waals surface area contributed by atoms with Crippen LogP contribution in [0, 0.1) is 5.92 Å². The number of rotatable bonds is 5. The van der Waals surface area contributed by atoms with Crippen molar-refractivity contribution in [2.45, 2.75) is 26.3 Å². The number of hydrogen-bond donors (Lipinski definition) is 1. The minimum atomic E-state index is -0.771. The molecule has 21 heavy (non-hydrogen) atoms. The highest BCUT2D eigenvalue weighted by Gasteiger charge is 2.36. The minimum Gasteiger partial charge on any atom is -0.481 e. The summed E-state index contributed by atoms with van der Waals surface area (Å²) < 4.78 is 0. The third kappa shape index (κ3) is 3.42. The molecule has 0 radical (unpaired) electrons. The lowest BCUT2D eigenvalue weighted by Gasteiger charge is -2.27. The molecule has 1 aliphatic heterocycles. The molecule has 1 saturated heterocycles. The van der Waals surface area contributed by atoms with E-state index in [0.29, 0.717) is 19.5 Å². The first-order chi connectivity index (χ1) is 10.0. The van der Waals surface area contributed by atoms with Gasteiger partial charge in [-0.15, -0.1) is 0 Å². The molecule has 1 aromatic rings. The van der Waals surface area contributed by atoms with Gasteiger partial charge in [0.15, 0.2) is 0 Å². The van der Waals surface area contributed by atoms with Crippen molar-refractivity contribution >= 4 is 17.6 Å². The van der Waals surface area contributed by atoms with Crippen molar-refractivity contribution in [3.63, 3.8) is 0 Å². The highest BCUT2D eigenvalue weighted by molar-refractivity contribution is 5.94. The number of likely N-dealkylation sites (N-methyl/N-ethyl adjacent to an activating group) is 1. The Hall–Kier alpha value is -1.88. The first-order valence-electron chi connectivity index (χ1n) is 7.36. The number of aliphatic carboxylic acids is 1. The highest BCUT2D eigenvalue weighted by atomic mass is 16.4. The highest BCUT2D eigenvalue weighted by Crippen LogP contribution is 2.24. The van der Waals surface area contributed by atoms with Gasteiger partial charge in [-0.25, -0.2) is 0 Å². The molecule has 5 heteroatoms. The largest absolute Gasteiger partial charge is 0.481 e. The van der Waals surface area contributed by atoms with Crippen LogP contribution in [0.5, 0.6) is 0 Å². The third-order valence-electron chi connectivity index (χ3n) is 4.23. The number of hydrogen-bond acceptors (Lipinski definition) is 3. The summed E-state index contributed by atoms with van der Waals surface area (Å²) in [4.78, 5) is 27.3. The molecular weight excluding hydrogens is 268 g/mol. The van der Waals surface area contributed by atoms with Crippen LogP contribution in [0.15, 0.2) is 30.3 Å². The Morgan fingerprint density at radius 2 is 2.00 bits per heavy atom. The molecule has 1 fully saturated rings. The lowest BCUT2D eigenvalue weighted by molar-refractivity contribution is -0.142. The molecule has 0 spiro atoms. The lowest BCUT2D eigenvalue weighted by Crippen LogP contribution is -2.43. The SMILES string of the molecule is CCN(C(=O)CN1CCC(C(=O)O)C1C)c1ccccc1. The average molecular weight is 290 g/mol. The number of nitrogens with zero attached hydrogens (tertiary/aromatic N) is 2. The molecular formula is C16H22N2O3. The fraction of sp³-hybridized carbons (Fsp3) is 0.500. The van der Waals surface area contributed by atoms with E-state index >= 15 is 0 Å². The molecule has 0 saturated carbocycles. The van der Waals surface area contributed by atoms with E-state index in [9.17, 15) is 9.59 Å². The summed E-state index contributed by atoms with van der Waals surface area (Å²) in [5, 5.41) is 9.15. The number of para-hydroxylation sites is 1. The number of carboxylic acids is 1. The summed E-state index contributed by atoms with van der Waals surface area (Å²) in [6.45, 7) is 5.37. The third-order valence-corrected chi connectivity index (χ3v) is 4.23. The van der Waals surface area contributed by atoms with E-state index in [1.54, 1.807) is 4.90 Å². The van der Waals surface area contributed by atoms with Crippen LogP contribution < -0.4 is 4.90 Å². The van der Waals surface area contributed by atoms with E-state index in [2.05, 4.69) is 0 Å². The van der Waals surface area contributed by atoms with Gasteiger partial charge in [-0.3, -0.25) is 14.5 Å². The number of likely N-dealkylation sites (tertiary alicyclic amines) is 1. The van der Waals surface area contributed by atoms with Crippen LogP contribution >= 0.6 is 0 Å². The first-order valence-corrected chi connectivity index (χ1v) is 7.36. The zero-order valence-electron chi connectivity index (χ0n) is 12.5. The number of carbonyl (C=O) groups is 2. The van der Waals surface area contributed by atoms with Gasteiger partial charge in [-0.1, -0.05) is 18.2 Å². The molecule has 1 amide bonds. The van der Waals surface area contributed by atoms with Crippen molar-refractivity contribution in [3.05, 3.63) is 30.3 Å². The van der Waals surface area contributed by atoms with Crippen LogP contribution in [0.4, 0.5) is 5.69 Å². The maximum Gasteiger partial charge on any atom is 0.308 e. The Kier molecular flexibility index (Phi) is 4.96. The topological polar surface area (TPSA) is 60.9 Å². The fourth-order valence-electron chi connectivity index (χ4n) is 2.93. The smallest absolute Gasteiger partial charge is 0.308 e. The van der Waals surface area contributed by atoms with E-state index in [4.69, 9.17) is 5.11 Å². The molecule has 2 rings (SSSR count). The summed E-state index contributed by atoms with van der Waals surface area (Å²) in [5.74, 6) is -1.13. The zero-order valence-corrected chi connectivity index (χ0v) is 12.5. The molecule has 0 bridgehead atoms. The first kappa shape index (κ1) is 15.5.